The highest BCUT2D eigenvalue weighted by atomic mass is 16.6. The van der Waals surface area contributed by atoms with Gasteiger partial charge >= 0.3 is 6.09 Å². The maximum absolute atomic E-state index is 12.3. The number of rotatable bonds is 6. The topological polar surface area (TPSA) is 54.0 Å². The number of hydrogen-bond donors (Lipinski definition) is 1. The van der Waals surface area contributed by atoms with Crippen molar-refractivity contribution in [3.05, 3.63) is 35.9 Å². The summed E-state index contributed by atoms with van der Waals surface area (Å²) in [5.74, 6) is 0. The van der Waals surface area contributed by atoms with Crippen LogP contribution in [0.2, 0.25) is 0 Å². The monoisotopic (exact) mass is 347 g/mol. The molecule has 1 aromatic carbocycles. The van der Waals surface area contributed by atoms with Crippen LogP contribution in [0.5, 0.6) is 0 Å². The van der Waals surface area contributed by atoms with Gasteiger partial charge in [-0.05, 0) is 18.4 Å². The van der Waals surface area contributed by atoms with E-state index in [1.807, 2.05) is 35.2 Å². The SMILES string of the molecule is O=C(OCc1ccccc1)N1CCCC(NCCN2CCOCC2)C1. The standard InChI is InChI=1S/C19H29N3O3/c23-19(25-16-17-5-2-1-3-6-17)22-9-4-7-18(15-22)20-8-10-21-11-13-24-14-12-21/h1-3,5-6,18,20H,4,7-16H2. The van der Waals surface area contributed by atoms with Gasteiger partial charge in [-0.25, -0.2) is 4.79 Å². The Hall–Kier alpha value is -1.63. The molecule has 0 bridgehead atoms. The number of amides is 1. The first-order chi connectivity index (χ1) is 12.3. The van der Waals surface area contributed by atoms with E-state index in [4.69, 9.17) is 9.47 Å². The molecule has 0 radical (unpaired) electrons. The smallest absolute Gasteiger partial charge is 0.410 e. The zero-order chi connectivity index (χ0) is 17.3. The van der Waals surface area contributed by atoms with Gasteiger partial charge in [0, 0.05) is 45.3 Å². The fraction of sp³-hybridized carbons (Fsp3) is 0.632. The number of piperidine rings is 1. The first-order valence-corrected chi connectivity index (χ1v) is 9.30. The first-order valence-electron chi connectivity index (χ1n) is 9.30. The average Bonchev–Trinajstić information content (AvgIpc) is 2.68. The number of ether oxygens (including phenoxy) is 2. The Kier molecular flexibility index (Phi) is 7.09. The number of nitrogens with zero attached hydrogens (tertiary/aromatic N) is 2. The first kappa shape index (κ1) is 18.2. The fourth-order valence-electron chi connectivity index (χ4n) is 3.37. The zero-order valence-corrected chi connectivity index (χ0v) is 14.9. The van der Waals surface area contributed by atoms with Crippen molar-refractivity contribution in [1.82, 2.24) is 15.1 Å². The van der Waals surface area contributed by atoms with Gasteiger partial charge in [0.2, 0.25) is 0 Å². The van der Waals surface area contributed by atoms with Crippen molar-refractivity contribution in [2.45, 2.75) is 25.5 Å². The minimum Gasteiger partial charge on any atom is -0.445 e. The van der Waals surface area contributed by atoms with Crippen LogP contribution in [0, 0.1) is 0 Å². The summed E-state index contributed by atoms with van der Waals surface area (Å²) in [5.41, 5.74) is 1.02. The van der Waals surface area contributed by atoms with Crippen molar-refractivity contribution in [3.8, 4) is 0 Å². The van der Waals surface area contributed by atoms with Crippen LogP contribution in [0.15, 0.2) is 30.3 Å². The molecular formula is C19H29N3O3. The zero-order valence-electron chi connectivity index (χ0n) is 14.9. The van der Waals surface area contributed by atoms with Gasteiger partial charge in [0.15, 0.2) is 0 Å². The number of benzene rings is 1. The third kappa shape index (κ3) is 5.99. The van der Waals surface area contributed by atoms with E-state index in [2.05, 4.69) is 10.2 Å². The van der Waals surface area contributed by atoms with Gasteiger partial charge in [-0.1, -0.05) is 30.3 Å². The summed E-state index contributed by atoms with van der Waals surface area (Å²) in [6.45, 7) is 7.57. The lowest BCUT2D eigenvalue weighted by molar-refractivity contribution is 0.0375. The van der Waals surface area contributed by atoms with Gasteiger partial charge in [-0.3, -0.25) is 4.90 Å². The number of carbonyl (C=O) groups is 1. The minimum absolute atomic E-state index is 0.205. The number of nitrogens with one attached hydrogen (secondary N) is 1. The van der Waals surface area contributed by atoms with Crippen LogP contribution < -0.4 is 5.32 Å². The van der Waals surface area contributed by atoms with Crippen molar-refractivity contribution in [2.75, 3.05) is 52.5 Å². The Morgan fingerprint density at radius 1 is 1.20 bits per heavy atom. The van der Waals surface area contributed by atoms with Gasteiger partial charge in [0.25, 0.3) is 0 Å². The molecule has 0 aromatic heterocycles. The largest absolute Gasteiger partial charge is 0.445 e. The van der Waals surface area contributed by atoms with Crippen molar-refractivity contribution >= 4 is 6.09 Å². The fourth-order valence-corrected chi connectivity index (χ4v) is 3.37. The van der Waals surface area contributed by atoms with Crippen molar-refractivity contribution in [2.24, 2.45) is 0 Å². The summed E-state index contributed by atoms with van der Waals surface area (Å²) in [7, 11) is 0. The minimum atomic E-state index is -0.205. The molecule has 2 saturated heterocycles. The summed E-state index contributed by atoms with van der Waals surface area (Å²) in [5, 5.41) is 3.60. The molecule has 1 amide bonds. The lowest BCUT2D eigenvalue weighted by atomic mass is 10.1. The molecule has 1 unspecified atom stereocenters. The third-order valence-electron chi connectivity index (χ3n) is 4.85. The maximum atomic E-state index is 12.3. The molecule has 1 aromatic rings. The van der Waals surface area contributed by atoms with E-state index in [1.54, 1.807) is 0 Å². The average molecular weight is 347 g/mol. The van der Waals surface area contributed by atoms with Crippen LogP contribution in [0.1, 0.15) is 18.4 Å². The summed E-state index contributed by atoms with van der Waals surface area (Å²) in [6.07, 6.45) is 1.94. The van der Waals surface area contributed by atoms with Gasteiger partial charge in [-0.2, -0.15) is 0 Å². The van der Waals surface area contributed by atoms with Crippen LogP contribution in [-0.4, -0.2) is 74.4 Å². The second-order valence-electron chi connectivity index (χ2n) is 6.73. The van der Waals surface area contributed by atoms with Crippen molar-refractivity contribution < 1.29 is 14.3 Å². The van der Waals surface area contributed by atoms with E-state index in [0.717, 1.165) is 70.9 Å². The Morgan fingerprint density at radius 3 is 2.80 bits per heavy atom. The van der Waals surface area contributed by atoms with E-state index >= 15 is 0 Å². The van der Waals surface area contributed by atoms with Crippen molar-refractivity contribution in [1.29, 1.82) is 0 Å². The summed E-state index contributed by atoms with van der Waals surface area (Å²) < 4.78 is 10.8. The second kappa shape index (κ2) is 9.75. The number of hydrogen-bond acceptors (Lipinski definition) is 5. The Morgan fingerprint density at radius 2 is 2.00 bits per heavy atom. The molecule has 1 atom stereocenters. The molecular weight excluding hydrogens is 318 g/mol. The second-order valence-corrected chi connectivity index (χ2v) is 6.73. The highest BCUT2D eigenvalue weighted by Crippen LogP contribution is 2.12. The summed E-state index contributed by atoms with van der Waals surface area (Å²) in [6, 6.07) is 10.2. The van der Waals surface area contributed by atoms with Crippen LogP contribution in [0.3, 0.4) is 0 Å². The Labute approximate surface area is 150 Å². The maximum Gasteiger partial charge on any atom is 0.410 e. The van der Waals surface area contributed by atoms with Gasteiger partial charge in [-0.15, -0.1) is 0 Å². The molecule has 6 nitrogen and oxygen atoms in total. The Balaban J connectivity index is 1.36. The highest BCUT2D eigenvalue weighted by Gasteiger charge is 2.24. The predicted molar refractivity (Wildman–Crippen MR) is 96.5 cm³/mol. The molecule has 138 valence electrons. The van der Waals surface area contributed by atoms with Crippen LogP contribution >= 0.6 is 0 Å². The molecule has 0 saturated carbocycles. The molecule has 2 aliphatic heterocycles. The number of carbonyl (C=O) groups excluding carboxylic acids is 1. The van der Waals surface area contributed by atoms with Crippen LogP contribution in [0.25, 0.3) is 0 Å². The summed E-state index contributed by atoms with van der Waals surface area (Å²) >= 11 is 0. The molecule has 6 heteroatoms. The third-order valence-corrected chi connectivity index (χ3v) is 4.85. The molecule has 0 spiro atoms. The van der Waals surface area contributed by atoms with E-state index in [-0.39, 0.29) is 6.09 Å². The van der Waals surface area contributed by atoms with Crippen LogP contribution in [-0.2, 0) is 16.1 Å². The molecule has 2 heterocycles. The number of morpholine rings is 1. The normalized spacial score (nSPS) is 21.9. The van der Waals surface area contributed by atoms with Gasteiger partial charge < -0.3 is 19.7 Å². The molecule has 2 aliphatic rings. The van der Waals surface area contributed by atoms with E-state index in [0.29, 0.717) is 12.6 Å². The lowest BCUT2D eigenvalue weighted by Gasteiger charge is -2.33. The summed E-state index contributed by atoms with van der Waals surface area (Å²) in [4.78, 5) is 16.5. The lowest BCUT2D eigenvalue weighted by Crippen LogP contribution is -2.50. The molecule has 25 heavy (non-hydrogen) atoms. The van der Waals surface area contributed by atoms with Crippen molar-refractivity contribution in [3.63, 3.8) is 0 Å². The molecule has 2 fully saturated rings. The van der Waals surface area contributed by atoms with Crippen LogP contribution in [0.4, 0.5) is 4.79 Å². The van der Waals surface area contributed by atoms with E-state index < -0.39 is 0 Å². The Bertz CT molecular complexity index is 520. The van der Waals surface area contributed by atoms with E-state index in [1.165, 1.54) is 0 Å². The van der Waals surface area contributed by atoms with Gasteiger partial charge in [0.05, 0.1) is 13.2 Å². The predicted octanol–water partition coefficient (Wildman–Crippen LogP) is 1.71. The quantitative estimate of drug-likeness (QED) is 0.849. The van der Waals surface area contributed by atoms with Gasteiger partial charge in [0.1, 0.15) is 6.61 Å². The molecule has 3 rings (SSSR count). The highest BCUT2D eigenvalue weighted by molar-refractivity contribution is 5.67. The number of likely N-dealkylation sites (tertiary alicyclic amines) is 1. The molecule has 0 aliphatic carbocycles. The van der Waals surface area contributed by atoms with E-state index in [9.17, 15) is 4.79 Å². The molecule has 1 N–H and O–H groups in total.